The number of thiazole rings is 1. The lowest BCUT2D eigenvalue weighted by Gasteiger charge is -2.49. The topological polar surface area (TPSA) is 214 Å². The third-order valence-corrected chi connectivity index (χ3v) is 8.86. The normalized spacial score (nSPS) is 21.6. The number of carbonyl (C=O) groups is 4. The molecule has 16 heteroatoms. The van der Waals surface area contributed by atoms with Crippen LogP contribution in [-0.2, 0) is 30.6 Å². The van der Waals surface area contributed by atoms with Crippen LogP contribution in [0.1, 0.15) is 25.0 Å². The Morgan fingerprint density at radius 1 is 1.27 bits per heavy atom. The molecule has 0 aromatic carbocycles. The largest absolute Gasteiger partial charge is 0.478 e. The predicted octanol–water partition coefficient (Wildman–Crippen LogP) is 0.318. The first-order valence-corrected chi connectivity index (χ1v) is 14.4. The second-order valence-corrected chi connectivity index (χ2v) is 11.5. The van der Waals surface area contributed by atoms with Crippen LogP contribution >= 0.6 is 23.1 Å². The van der Waals surface area contributed by atoms with Crippen LogP contribution in [0.4, 0.5) is 10.8 Å². The van der Waals surface area contributed by atoms with Crippen molar-refractivity contribution < 1.29 is 38.8 Å². The molecule has 2 aliphatic heterocycles. The van der Waals surface area contributed by atoms with Gasteiger partial charge in [-0.1, -0.05) is 11.2 Å². The second-order valence-electron chi connectivity index (χ2n) is 9.53. The monoisotopic (exact) mass is 600 g/mol. The van der Waals surface area contributed by atoms with Crippen molar-refractivity contribution in [1.29, 1.82) is 0 Å². The van der Waals surface area contributed by atoms with Gasteiger partial charge in [0.15, 0.2) is 29.8 Å². The van der Waals surface area contributed by atoms with Gasteiger partial charge in [-0.3, -0.25) is 14.5 Å². The van der Waals surface area contributed by atoms with Crippen molar-refractivity contribution in [2.45, 2.75) is 42.8 Å². The number of nitrogens with one attached hydrogen (secondary N) is 1. The number of aromatic nitrogens is 2. The second kappa shape index (κ2) is 11.2. The average molecular weight is 601 g/mol. The molecule has 1 saturated carbocycles. The van der Waals surface area contributed by atoms with Crippen LogP contribution < -0.4 is 21.4 Å². The lowest BCUT2D eigenvalue weighted by atomic mass is 9.80. The molecular formula is C25H26N7O7S2+. The summed E-state index contributed by atoms with van der Waals surface area (Å²) >= 11 is 2.35. The van der Waals surface area contributed by atoms with E-state index in [4.69, 9.17) is 16.3 Å². The van der Waals surface area contributed by atoms with Gasteiger partial charge in [0.25, 0.3) is 11.8 Å². The number of hydrogen-bond donors (Lipinski definition) is 5. The molecule has 5 rings (SSSR count). The van der Waals surface area contributed by atoms with Crippen LogP contribution in [0.25, 0.3) is 0 Å². The Hall–Kier alpha value is -4.44. The molecule has 0 bridgehead atoms. The number of oxime groups is 1. The fraction of sp³-hybridized carbons (Fsp3) is 0.320. The molecule has 4 heterocycles. The predicted molar refractivity (Wildman–Crippen MR) is 148 cm³/mol. The molecular weight excluding hydrogens is 574 g/mol. The van der Waals surface area contributed by atoms with E-state index in [0.717, 1.165) is 16.2 Å². The van der Waals surface area contributed by atoms with Gasteiger partial charge in [0, 0.05) is 41.8 Å². The van der Waals surface area contributed by atoms with Crippen LogP contribution in [-0.4, -0.2) is 72.3 Å². The van der Waals surface area contributed by atoms with Gasteiger partial charge in [-0.2, -0.15) is 0 Å². The number of rotatable bonds is 10. The zero-order valence-corrected chi connectivity index (χ0v) is 23.1. The first kappa shape index (κ1) is 28.1. The zero-order valence-electron chi connectivity index (χ0n) is 21.4. The summed E-state index contributed by atoms with van der Waals surface area (Å²) in [5, 5.41) is 26.8. The number of hydrogen-bond acceptors (Lipinski definition) is 11. The van der Waals surface area contributed by atoms with E-state index >= 15 is 0 Å². The standard InChI is InChI=1S/C25H25N7O7S2/c26-14-4-9-31(10-5-14)8-1-3-13-11-40-21-17(20(34)32(21)18(13)22(35)36)29-19(33)16(15-12-41-24(27)28-15)30-39-25(23(37)38)6-2-7-25/h1,3-5,9-10,12,17,21,26H,2,6-8,11H2,(H5,27,28,29,33,35,36,37,38)/p+1/b3-1?,30-16-/t17?,21-/m0/s1. The van der Waals surface area contributed by atoms with Gasteiger partial charge in [-0.25, -0.2) is 19.1 Å². The third-order valence-electron chi connectivity index (χ3n) is 6.88. The number of nitrogens with two attached hydrogens (primary N) is 2. The molecule has 7 N–H and O–H groups in total. The summed E-state index contributed by atoms with van der Waals surface area (Å²) in [7, 11) is 0. The number of β-lactam (4-membered cyclic amide) rings is 1. The van der Waals surface area contributed by atoms with Crippen LogP contribution in [0.5, 0.6) is 0 Å². The number of amides is 2. The van der Waals surface area contributed by atoms with Crippen molar-refractivity contribution in [2.24, 2.45) is 5.16 Å². The lowest BCUT2D eigenvalue weighted by Crippen LogP contribution is -2.71. The van der Waals surface area contributed by atoms with Gasteiger partial charge < -0.3 is 31.8 Å². The zero-order chi connectivity index (χ0) is 29.3. The first-order chi connectivity index (χ1) is 19.6. The Bertz CT molecular complexity index is 1500. The maximum Gasteiger partial charge on any atom is 0.352 e. The molecule has 2 amide bonds. The van der Waals surface area contributed by atoms with E-state index in [0.29, 0.717) is 30.0 Å². The van der Waals surface area contributed by atoms with Crippen LogP contribution in [0.2, 0.25) is 0 Å². The van der Waals surface area contributed by atoms with Crippen molar-refractivity contribution in [3.8, 4) is 0 Å². The number of aliphatic carboxylic acids is 2. The number of thioether (sulfide) groups is 1. The number of anilines is 2. The average Bonchev–Trinajstić information content (AvgIpc) is 3.34. The van der Waals surface area contributed by atoms with Crippen molar-refractivity contribution in [3.05, 3.63) is 59.0 Å². The molecule has 0 spiro atoms. The summed E-state index contributed by atoms with van der Waals surface area (Å²) in [6.07, 6.45) is 8.13. The molecule has 2 atom stereocenters. The number of carboxylic acids is 2. The van der Waals surface area contributed by atoms with Crippen molar-refractivity contribution in [1.82, 2.24) is 15.2 Å². The minimum absolute atomic E-state index is 0.0577. The molecule has 2 aromatic rings. The SMILES string of the molecule is Nc1cc[n+](CC=CC2=C(C(=O)O)N3C(=O)C(NC(=O)/C(=N\OC4(C(=O)O)CCC4)c4csc(N)n4)[C@@H]3SC2)cc1. The van der Waals surface area contributed by atoms with Crippen molar-refractivity contribution in [3.63, 3.8) is 0 Å². The molecule has 3 aliphatic rings. The Morgan fingerprint density at radius 3 is 2.59 bits per heavy atom. The molecule has 2 aromatic heterocycles. The maximum atomic E-state index is 13.3. The Morgan fingerprint density at radius 2 is 2.00 bits per heavy atom. The molecule has 214 valence electrons. The summed E-state index contributed by atoms with van der Waals surface area (Å²) in [6, 6.07) is 2.44. The molecule has 41 heavy (non-hydrogen) atoms. The van der Waals surface area contributed by atoms with Gasteiger partial charge >= 0.3 is 11.9 Å². The number of fused-ring (bicyclic) bond motifs is 1. The van der Waals surface area contributed by atoms with Crippen LogP contribution in [0.3, 0.4) is 0 Å². The fourth-order valence-electron chi connectivity index (χ4n) is 4.46. The summed E-state index contributed by atoms with van der Waals surface area (Å²) in [4.78, 5) is 60.8. The molecule has 14 nitrogen and oxygen atoms in total. The highest BCUT2D eigenvalue weighted by molar-refractivity contribution is 8.00. The van der Waals surface area contributed by atoms with Crippen molar-refractivity contribution in [2.75, 3.05) is 17.2 Å². The fourth-order valence-corrected chi connectivity index (χ4v) is 6.33. The summed E-state index contributed by atoms with van der Waals surface area (Å²) in [5.41, 5.74) is 10.5. The van der Waals surface area contributed by atoms with Gasteiger partial charge in [0.05, 0.1) is 0 Å². The van der Waals surface area contributed by atoms with E-state index in [2.05, 4.69) is 15.5 Å². The molecule has 1 aliphatic carbocycles. The highest BCUT2D eigenvalue weighted by Gasteiger charge is 2.54. The van der Waals surface area contributed by atoms with E-state index in [1.54, 1.807) is 36.7 Å². The van der Waals surface area contributed by atoms with Crippen LogP contribution in [0.15, 0.2) is 58.5 Å². The smallest absolute Gasteiger partial charge is 0.352 e. The van der Waals surface area contributed by atoms with E-state index in [9.17, 15) is 29.4 Å². The summed E-state index contributed by atoms with van der Waals surface area (Å²) in [6.45, 7) is 0.464. The lowest BCUT2D eigenvalue weighted by molar-refractivity contribution is -0.686. The molecule has 1 unspecified atom stereocenters. The quantitative estimate of drug-likeness (QED) is 0.108. The van der Waals surface area contributed by atoms with Gasteiger partial charge in [0.1, 0.15) is 22.8 Å². The van der Waals surface area contributed by atoms with E-state index < -0.39 is 40.8 Å². The maximum absolute atomic E-state index is 13.3. The third kappa shape index (κ3) is 5.47. The number of nitrogen functional groups attached to an aromatic ring is 2. The van der Waals surface area contributed by atoms with E-state index in [-0.39, 0.29) is 35.1 Å². The Balaban J connectivity index is 1.32. The number of pyridine rings is 1. The first-order valence-electron chi connectivity index (χ1n) is 12.4. The number of allylic oxidation sites excluding steroid dienone is 2. The Kier molecular flexibility index (Phi) is 7.68. The highest BCUT2D eigenvalue weighted by Crippen LogP contribution is 2.41. The number of nitrogens with zero attached hydrogens (tertiary/aromatic N) is 4. The van der Waals surface area contributed by atoms with Gasteiger partial charge in [0.2, 0.25) is 5.60 Å². The summed E-state index contributed by atoms with van der Waals surface area (Å²) < 4.78 is 1.86. The highest BCUT2D eigenvalue weighted by atomic mass is 32.2. The van der Waals surface area contributed by atoms with Gasteiger partial charge in [-0.15, -0.1) is 23.1 Å². The number of carboxylic acid groups (broad SMARTS) is 2. The molecule has 2 fully saturated rings. The van der Waals surface area contributed by atoms with Gasteiger partial charge in [-0.05, 0) is 18.1 Å². The Labute approximate surface area is 241 Å². The van der Waals surface area contributed by atoms with E-state index in [1.807, 2.05) is 4.57 Å². The molecule has 1 saturated heterocycles. The summed E-state index contributed by atoms with van der Waals surface area (Å²) in [5.74, 6) is -3.61. The number of carbonyl (C=O) groups excluding carboxylic acids is 2. The minimum atomic E-state index is -1.53. The minimum Gasteiger partial charge on any atom is -0.478 e. The van der Waals surface area contributed by atoms with Crippen molar-refractivity contribution >= 4 is 63.4 Å². The molecule has 0 radical (unpaired) electrons. The van der Waals surface area contributed by atoms with E-state index in [1.165, 1.54) is 17.1 Å². The van der Waals surface area contributed by atoms with Crippen LogP contribution in [0, 0.1) is 0 Å².